The van der Waals surface area contributed by atoms with E-state index in [0.717, 1.165) is 24.3 Å². The summed E-state index contributed by atoms with van der Waals surface area (Å²) < 4.78 is 0. The molecule has 0 radical (unpaired) electrons. The van der Waals surface area contributed by atoms with Crippen molar-refractivity contribution in [2.24, 2.45) is 0 Å². The normalized spacial score (nSPS) is 12.0. The van der Waals surface area contributed by atoms with Crippen LogP contribution in [0, 0.1) is 6.92 Å². The average Bonchev–Trinajstić information content (AvgIpc) is 2.68. The molecule has 3 rings (SSSR count). The summed E-state index contributed by atoms with van der Waals surface area (Å²) in [5.41, 5.74) is 5.65. The molecule has 1 atom stereocenters. The van der Waals surface area contributed by atoms with Crippen molar-refractivity contribution in [2.45, 2.75) is 13.0 Å². The minimum atomic E-state index is -0.562. The highest BCUT2D eigenvalue weighted by Crippen LogP contribution is 2.25. The topological polar surface area (TPSA) is 44.3 Å². The van der Waals surface area contributed by atoms with Gasteiger partial charge in [0.1, 0.15) is 0 Å². The van der Waals surface area contributed by atoms with Gasteiger partial charge < -0.3 is 15.7 Å². The van der Waals surface area contributed by atoms with Gasteiger partial charge in [-0.05, 0) is 53.4 Å². The third-order valence-corrected chi connectivity index (χ3v) is 4.76. The molecule has 0 aliphatic carbocycles. The average molecular weight is 381 g/mol. The first-order valence-electron chi connectivity index (χ1n) is 9.17. The van der Waals surface area contributed by atoms with Gasteiger partial charge in [-0.1, -0.05) is 60.1 Å². The predicted molar refractivity (Wildman–Crippen MR) is 114 cm³/mol. The molecule has 0 spiro atoms. The standard InChI is InChI=1S/C23H25ClN2O/c1-17-6-2-3-11-22(17)18-7-5-10-21(15-18)26-13-12-25-16-23(27)19-8-4-9-20(24)14-19/h2-11,14-15,23,25-27H,12-13,16H2,1H3/t23-/m0/s1. The summed E-state index contributed by atoms with van der Waals surface area (Å²) in [6.07, 6.45) is -0.562. The van der Waals surface area contributed by atoms with E-state index >= 15 is 0 Å². The van der Waals surface area contributed by atoms with E-state index < -0.39 is 6.10 Å². The summed E-state index contributed by atoms with van der Waals surface area (Å²) in [4.78, 5) is 0. The van der Waals surface area contributed by atoms with Gasteiger partial charge in [-0.2, -0.15) is 0 Å². The van der Waals surface area contributed by atoms with Gasteiger partial charge in [0.05, 0.1) is 6.10 Å². The highest BCUT2D eigenvalue weighted by molar-refractivity contribution is 6.30. The molecule has 27 heavy (non-hydrogen) atoms. The lowest BCUT2D eigenvalue weighted by atomic mass is 10.0. The molecule has 3 aromatic rings. The second-order valence-electron chi connectivity index (χ2n) is 6.60. The quantitative estimate of drug-likeness (QED) is 0.479. The molecule has 0 aliphatic heterocycles. The SMILES string of the molecule is Cc1ccccc1-c1cccc(NCCNC[C@H](O)c2cccc(Cl)c2)c1. The minimum Gasteiger partial charge on any atom is -0.387 e. The van der Waals surface area contributed by atoms with Gasteiger partial charge in [-0.25, -0.2) is 0 Å². The van der Waals surface area contributed by atoms with Gasteiger partial charge in [0.15, 0.2) is 0 Å². The number of nitrogens with one attached hydrogen (secondary N) is 2. The van der Waals surface area contributed by atoms with Crippen molar-refractivity contribution in [1.29, 1.82) is 0 Å². The molecule has 3 N–H and O–H groups in total. The van der Waals surface area contributed by atoms with E-state index in [1.165, 1.54) is 16.7 Å². The number of halogens is 1. The number of hydrogen-bond donors (Lipinski definition) is 3. The van der Waals surface area contributed by atoms with E-state index in [1.807, 2.05) is 12.1 Å². The Labute approximate surface area is 166 Å². The van der Waals surface area contributed by atoms with Crippen LogP contribution >= 0.6 is 11.6 Å². The zero-order chi connectivity index (χ0) is 19.1. The van der Waals surface area contributed by atoms with Gasteiger partial charge in [-0.3, -0.25) is 0 Å². The molecule has 0 aliphatic rings. The van der Waals surface area contributed by atoms with Gasteiger partial charge in [0.25, 0.3) is 0 Å². The van der Waals surface area contributed by atoms with E-state index in [9.17, 15) is 5.11 Å². The van der Waals surface area contributed by atoms with Crippen molar-refractivity contribution in [3.8, 4) is 11.1 Å². The third-order valence-electron chi connectivity index (χ3n) is 4.52. The molecule has 4 heteroatoms. The van der Waals surface area contributed by atoms with Crippen molar-refractivity contribution >= 4 is 17.3 Å². The fourth-order valence-electron chi connectivity index (χ4n) is 3.06. The second kappa shape index (κ2) is 9.56. The third kappa shape index (κ3) is 5.57. The number of aliphatic hydroxyl groups excluding tert-OH is 1. The van der Waals surface area contributed by atoms with Gasteiger partial charge in [-0.15, -0.1) is 0 Å². The van der Waals surface area contributed by atoms with Crippen molar-refractivity contribution in [3.63, 3.8) is 0 Å². The lowest BCUT2D eigenvalue weighted by Gasteiger charge is -2.14. The molecular formula is C23H25ClN2O. The summed E-state index contributed by atoms with van der Waals surface area (Å²) in [5.74, 6) is 0. The molecule has 0 unspecified atom stereocenters. The fraction of sp³-hybridized carbons (Fsp3) is 0.217. The number of aliphatic hydroxyl groups is 1. The predicted octanol–water partition coefficient (Wildman–Crippen LogP) is 5.05. The number of rotatable bonds is 8. The smallest absolute Gasteiger partial charge is 0.0914 e. The van der Waals surface area contributed by atoms with Crippen LogP contribution in [-0.2, 0) is 0 Å². The fourth-order valence-corrected chi connectivity index (χ4v) is 3.26. The van der Waals surface area contributed by atoms with Crippen LogP contribution in [0.1, 0.15) is 17.2 Å². The second-order valence-corrected chi connectivity index (χ2v) is 7.03. The Morgan fingerprint density at radius 2 is 1.74 bits per heavy atom. The van der Waals surface area contributed by atoms with E-state index in [4.69, 9.17) is 11.6 Å². The van der Waals surface area contributed by atoms with Gasteiger partial charge >= 0.3 is 0 Å². The van der Waals surface area contributed by atoms with Crippen LogP contribution in [0.25, 0.3) is 11.1 Å². The lowest BCUT2D eigenvalue weighted by Crippen LogP contribution is -2.26. The van der Waals surface area contributed by atoms with E-state index in [0.29, 0.717) is 11.6 Å². The van der Waals surface area contributed by atoms with Crippen LogP contribution in [0.2, 0.25) is 5.02 Å². The Morgan fingerprint density at radius 1 is 0.926 bits per heavy atom. The summed E-state index contributed by atoms with van der Waals surface area (Å²) in [6, 6.07) is 24.2. The number of anilines is 1. The summed E-state index contributed by atoms with van der Waals surface area (Å²) in [7, 11) is 0. The molecule has 0 saturated carbocycles. The number of hydrogen-bond acceptors (Lipinski definition) is 3. The van der Waals surface area contributed by atoms with Crippen LogP contribution in [0.5, 0.6) is 0 Å². The maximum atomic E-state index is 10.2. The molecule has 0 amide bonds. The molecule has 0 heterocycles. The summed E-state index contributed by atoms with van der Waals surface area (Å²) in [6.45, 7) is 4.15. The van der Waals surface area contributed by atoms with Crippen LogP contribution < -0.4 is 10.6 Å². The monoisotopic (exact) mass is 380 g/mol. The molecule has 140 valence electrons. The van der Waals surface area contributed by atoms with E-state index in [-0.39, 0.29) is 0 Å². The van der Waals surface area contributed by atoms with E-state index in [2.05, 4.69) is 66.1 Å². The Bertz CT molecular complexity index is 882. The Balaban J connectivity index is 1.47. The van der Waals surface area contributed by atoms with E-state index in [1.54, 1.807) is 12.1 Å². The number of aryl methyl sites for hydroxylation is 1. The highest BCUT2D eigenvalue weighted by Gasteiger charge is 2.07. The molecule has 0 fully saturated rings. The number of benzene rings is 3. The van der Waals surface area contributed by atoms with Crippen molar-refractivity contribution in [1.82, 2.24) is 5.32 Å². The minimum absolute atomic E-state index is 0.491. The first-order chi connectivity index (χ1) is 13.1. The molecule has 3 nitrogen and oxygen atoms in total. The maximum absolute atomic E-state index is 10.2. The van der Waals surface area contributed by atoms with Crippen LogP contribution in [0.15, 0.2) is 72.8 Å². The Morgan fingerprint density at radius 3 is 2.56 bits per heavy atom. The zero-order valence-corrected chi connectivity index (χ0v) is 16.2. The maximum Gasteiger partial charge on any atom is 0.0914 e. The largest absolute Gasteiger partial charge is 0.387 e. The molecule has 3 aromatic carbocycles. The molecule has 0 aromatic heterocycles. The Kier molecular flexibility index (Phi) is 6.88. The Hall–Kier alpha value is -2.33. The van der Waals surface area contributed by atoms with Gasteiger partial charge in [0, 0.05) is 30.3 Å². The molecular weight excluding hydrogens is 356 g/mol. The van der Waals surface area contributed by atoms with Crippen LogP contribution in [-0.4, -0.2) is 24.7 Å². The van der Waals surface area contributed by atoms with Crippen molar-refractivity contribution in [3.05, 3.63) is 88.9 Å². The molecule has 0 bridgehead atoms. The van der Waals surface area contributed by atoms with Crippen molar-refractivity contribution < 1.29 is 5.11 Å². The first kappa shape index (κ1) is 19.4. The molecule has 0 saturated heterocycles. The summed E-state index contributed by atoms with van der Waals surface area (Å²) >= 11 is 5.97. The van der Waals surface area contributed by atoms with Crippen LogP contribution in [0.3, 0.4) is 0 Å². The zero-order valence-electron chi connectivity index (χ0n) is 15.5. The van der Waals surface area contributed by atoms with Gasteiger partial charge in [0.2, 0.25) is 0 Å². The highest BCUT2D eigenvalue weighted by atomic mass is 35.5. The van der Waals surface area contributed by atoms with Crippen LogP contribution in [0.4, 0.5) is 5.69 Å². The summed E-state index contributed by atoms with van der Waals surface area (Å²) in [5, 5.41) is 17.6. The van der Waals surface area contributed by atoms with Crippen molar-refractivity contribution in [2.75, 3.05) is 25.0 Å². The lowest BCUT2D eigenvalue weighted by molar-refractivity contribution is 0.175. The first-order valence-corrected chi connectivity index (χ1v) is 9.55.